The van der Waals surface area contributed by atoms with Crippen LogP contribution >= 0.6 is 15.9 Å². The number of furan rings is 1. The molecule has 110 valence electrons. The smallest absolute Gasteiger partial charge is 0.260 e. The van der Waals surface area contributed by atoms with E-state index in [9.17, 15) is 13.6 Å². The maximum atomic E-state index is 13.9. The Kier molecular flexibility index (Phi) is 3.80. The summed E-state index contributed by atoms with van der Waals surface area (Å²) in [6.07, 6.45) is 3.18. The molecule has 0 saturated heterocycles. The number of nitrogens with zero attached hydrogens (tertiary/aromatic N) is 1. The molecule has 1 heterocycles. The molecule has 3 rings (SSSR count). The molecule has 3 nitrogen and oxygen atoms in total. The van der Waals surface area contributed by atoms with Crippen molar-refractivity contribution in [2.24, 2.45) is 0 Å². The molecule has 1 aromatic heterocycles. The van der Waals surface area contributed by atoms with Gasteiger partial charge in [0, 0.05) is 10.5 Å². The van der Waals surface area contributed by atoms with E-state index in [0.29, 0.717) is 5.76 Å². The van der Waals surface area contributed by atoms with Gasteiger partial charge in [0.05, 0.1) is 12.8 Å². The van der Waals surface area contributed by atoms with E-state index < -0.39 is 23.1 Å². The molecule has 0 bridgehead atoms. The van der Waals surface area contributed by atoms with Crippen molar-refractivity contribution in [1.29, 1.82) is 0 Å². The molecule has 1 fully saturated rings. The second kappa shape index (κ2) is 5.60. The van der Waals surface area contributed by atoms with Gasteiger partial charge in [0.1, 0.15) is 23.0 Å². The van der Waals surface area contributed by atoms with E-state index in [-0.39, 0.29) is 17.1 Å². The molecular formula is C15H12BrF2NO2. The van der Waals surface area contributed by atoms with Crippen molar-refractivity contribution >= 4 is 21.8 Å². The van der Waals surface area contributed by atoms with E-state index >= 15 is 0 Å². The van der Waals surface area contributed by atoms with Gasteiger partial charge < -0.3 is 9.32 Å². The highest BCUT2D eigenvalue weighted by Crippen LogP contribution is 2.31. The van der Waals surface area contributed by atoms with E-state index in [1.807, 2.05) is 0 Å². The zero-order chi connectivity index (χ0) is 15.0. The van der Waals surface area contributed by atoms with Crippen LogP contribution in [-0.2, 0) is 6.54 Å². The Balaban J connectivity index is 1.91. The molecule has 0 spiro atoms. The topological polar surface area (TPSA) is 33.5 Å². The zero-order valence-electron chi connectivity index (χ0n) is 11.0. The molecule has 21 heavy (non-hydrogen) atoms. The summed E-state index contributed by atoms with van der Waals surface area (Å²) in [4.78, 5) is 14.0. The third-order valence-electron chi connectivity index (χ3n) is 3.38. The SMILES string of the molecule is O=C(c1c(F)cc(Br)cc1F)N(Cc1ccco1)C1CC1. The second-order valence-electron chi connectivity index (χ2n) is 4.99. The molecule has 0 aliphatic heterocycles. The third-order valence-corrected chi connectivity index (χ3v) is 3.83. The van der Waals surface area contributed by atoms with Crippen molar-refractivity contribution < 1.29 is 18.0 Å². The summed E-state index contributed by atoms with van der Waals surface area (Å²) in [7, 11) is 0. The van der Waals surface area contributed by atoms with Crippen LogP contribution in [0, 0.1) is 11.6 Å². The average molecular weight is 356 g/mol. The van der Waals surface area contributed by atoms with Gasteiger partial charge in [-0.3, -0.25) is 4.79 Å². The summed E-state index contributed by atoms with van der Waals surface area (Å²) in [5.74, 6) is -1.78. The lowest BCUT2D eigenvalue weighted by Crippen LogP contribution is -2.33. The molecule has 6 heteroatoms. The van der Waals surface area contributed by atoms with Crippen LogP contribution in [0.1, 0.15) is 29.0 Å². The van der Waals surface area contributed by atoms with Crippen molar-refractivity contribution in [1.82, 2.24) is 4.90 Å². The van der Waals surface area contributed by atoms with E-state index in [2.05, 4.69) is 15.9 Å². The molecule has 0 unspecified atom stereocenters. The molecule has 0 radical (unpaired) electrons. The number of rotatable bonds is 4. The molecule has 1 saturated carbocycles. The number of carbonyl (C=O) groups is 1. The fourth-order valence-electron chi connectivity index (χ4n) is 2.21. The summed E-state index contributed by atoms with van der Waals surface area (Å²) in [5.41, 5.74) is -0.517. The van der Waals surface area contributed by atoms with Gasteiger partial charge in [-0.25, -0.2) is 8.78 Å². The van der Waals surface area contributed by atoms with Crippen molar-refractivity contribution in [3.8, 4) is 0 Å². The minimum Gasteiger partial charge on any atom is -0.467 e. The van der Waals surface area contributed by atoms with Crippen LogP contribution in [0.4, 0.5) is 8.78 Å². The first-order chi connectivity index (χ1) is 10.1. The highest BCUT2D eigenvalue weighted by molar-refractivity contribution is 9.10. The first kappa shape index (κ1) is 14.3. The van der Waals surface area contributed by atoms with Gasteiger partial charge in [0.2, 0.25) is 0 Å². The highest BCUT2D eigenvalue weighted by atomic mass is 79.9. The average Bonchev–Trinajstić information content (AvgIpc) is 3.11. The predicted molar refractivity (Wildman–Crippen MR) is 75.7 cm³/mol. The Morgan fingerprint density at radius 3 is 2.52 bits per heavy atom. The molecule has 0 N–H and O–H groups in total. The number of benzene rings is 1. The van der Waals surface area contributed by atoms with Crippen LogP contribution in [-0.4, -0.2) is 16.8 Å². The molecule has 1 aliphatic rings. The van der Waals surface area contributed by atoms with Crippen LogP contribution in [0.15, 0.2) is 39.4 Å². The monoisotopic (exact) mass is 355 g/mol. The molecular weight excluding hydrogens is 344 g/mol. The lowest BCUT2D eigenvalue weighted by Gasteiger charge is -2.22. The normalized spacial score (nSPS) is 14.2. The number of hydrogen-bond acceptors (Lipinski definition) is 2. The fraction of sp³-hybridized carbons (Fsp3) is 0.267. The largest absolute Gasteiger partial charge is 0.467 e. The summed E-state index contributed by atoms with van der Waals surface area (Å²) in [6.45, 7) is 0.214. The van der Waals surface area contributed by atoms with Gasteiger partial charge in [-0.05, 0) is 37.1 Å². The Hall–Kier alpha value is -1.69. The van der Waals surface area contributed by atoms with Crippen LogP contribution in [0.2, 0.25) is 0 Å². The lowest BCUT2D eigenvalue weighted by atomic mass is 10.1. The van der Waals surface area contributed by atoms with Crippen molar-refractivity contribution in [2.75, 3.05) is 0 Å². The molecule has 1 aliphatic carbocycles. The van der Waals surface area contributed by atoms with Crippen LogP contribution in [0.25, 0.3) is 0 Å². The number of halogens is 3. The fourth-order valence-corrected chi connectivity index (χ4v) is 2.62. The van der Waals surface area contributed by atoms with Gasteiger partial charge in [0.15, 0.2) is 0 Å². The quantitative estimate of drug-likeness (QED) is 0.826. The molecule has 1 aromatic carbocycles. The van der Waals surface area contributed by atoms with Crippen LogP contribution < -0.4 is 0 Å². The summed E-state index contributed by atoms with van der Waals surface area (Å²) < 4.78 is 33.4. The summed E-state index contributed by atoms with van der Waals surface area (Å²) >= 11 is 3.00. The van der Waals surface area contributed by atoms with Crippen LogP contribution in [0.3, 0.4) is 0 Å². The second-order valence-corrected chi connectivity index (χ2v) is 5.90. The first-order valence-corrected chi connectivity index (χ1v) is 7.33. The molecule has 1 amide bonds. The minimum atomic E-state index is -0.864. The standard InChI is InChI=1S/C15H12BrF2NO2/c16-9-6-12(17)14(13(18)7-9)15(20)19(10-3-4-10)8-11-2-1-5-21-11/h1-2,5-7,10H,3-4,8H2. The zero-order valence-corrected chi connectivity index (χ0v) is 12.6. The summed E-state index contributed by atoms with van der Waals surface area (Å²) in [5, 5.41) is 0. The van der Waals surface area contributed by atoms with Crippen molar-refractivity contribution in [2.45, 2.75) is 25.4 Å². The van der Waals surface area contributed by atoms with Gasteiger partial charge in [-0.2, -0.15) is 0 Å². The Morgan fingerprint density at radius 2 is 2.00 bits per heavy atom. The Labute approximate surface area is 128 Å². The van der Waals surface area contributed by atoms with Gasteiger partial charge in [-0.1, -0.05) is 15.9 Å². The molecule has 0 atom stereocenters. The predicted octanol–water partition coefficient (Wildman–Crippen LogP) is 4.13. The number of amides is 1. The lowest BCUT2D eigenvalue weighted by molar-refractivity contribution is 0.0707. The maximum Gasteiger partial charge on any atom is 0.260 e. The van der Waals surface area contributed by atoms with Crippen molar-refractivity contribution in [3.05, 3.63) is 58.0 Å². The van der Waals surface area contributed by atoms with Gasteiger partial charge in [-0.15, -0.1) is 0 Å². The Morgan fingerprint density at radius 1 is 1.33 bits per heavy atom. The van der Waals surface area contributed by atoms with Crippen LogP contribution in [0.5, 0.6) is 0 Å². The van der Waals surface area contributed by atoms with Gasteiger partial charge in [0.25, 0.3) is 5.91 Å². The van der Waals surface area contributed by atoms with E-state index in [4.69, 9.17) is 4.42 Å². The minimum absolute atomic E-state index is 0.0186. The van der Waals surface area contributed by atoms with E-state index in [1.165, 1.54) is 11.2 Å². The maximum absolute atomic E-state index is 13.9. The Bertz CT molecular complexity index is 645. The van der Waals surface area contributed by atoms with Crippen molar-refractivity contribution in [3.63, 3.8) is 0 Å². The number of carbonyl (C=O) groups excluding carboxylic acids is 1. The first-order valence-electron chi connectivity index (χ1n) is 6.54. The van der Waals surface area contributed by atoms with E-state index in [1.54, 1.807) is 12.1 Å². The third kappa shape index (κ3) is 3.00. The molecule has 2 aromatic rings. The highest BCUT2D eigenvalue weighted by Gasteiger charge is 2.35. The summed E-state index contributed by atoms with van der Waals surface area (Å²) in [6, 6.07) is 5.65. The van der Waals surface area contributed by atoms with Gasteiger partial charge >= 0.3 is 0 Å². The number of hydrogen-bond donors (Lipinski definition) is 0. The van der Waals surface area contributed by atoms with E-state index in [0.717, 1.165) is 25.0 Å².